The van der Waals surface area contributed by atoms with Crippen LogP contribution < -0.4 is 0 Å². The summed E-state index contributed by atoms with van der Waals surface area (Å²) in [6.07, 6.45) is -7.79. The molecule has 2 rings (SSSR count). The molecule has 0 saturated carbocycles. The van der Waals surface area contributed by atoms with Crippen LogP contribution >= 0.6 is 0 Å². The van der Waals surface area contributed by atoms with E-state index in [-0.39, 0.29) is 0 Å². The van der Waals surface area contributed by atoms with Crippen molar-refractivity contribution in [2.24, 2.45) is 0 Å². The van der Waals surface area contributed by atoms with Crippen LogP contribution in [0.1, 0.15) is 5.82 Å². The van der Waals surface area contributed by atoms with Crippen LogP contribution in [0.3, 0.4) is 0 Å². The van der Waals surface area contributed by atoms with E-state index in [2.05, 4.69) is 4.98 Å². The van der Waals surface area contributed by atoms with Crippen LogP contribution in [0.15, 0.2) is 24.3 Å². The fraction of sp³-hybridized carbons (Fsp3) is 0.533. The first-order valence-electron chi connectivity index (χ1n) is 7.99. The Balaban J connectivity index is 2.66. The molecule has 0 spiro atoms. The first-order chi connectivity index (χ1) is 14.8. The van der Waals surface area contributed by atoms with Crippen LogP contribution in [-0.4, -0.2) is 51.7 Å². The highest BCUT2D eigenvalue weighted by atomic mass is 19.4. The lowest BCUT2D eigenvalue weighted by molar-refractivity contribution is -0.463. The molecule has 0 bridgehead atoms. The number of nitrogens with zero attached hydrogens (tertiary/aromatic N) is 1. The average Bonchev–Trinajstić information content (AvgIpc) is 3.11. The molecule has 0 fully saturated rings. The monoisotopic (exact) mass is 536 g/mol. The van der Waals surface area contributed by atoms with E-state index in [0.29, 0.717) is 0 Å². The van der Waals surface area contributed by atoms with E-state index in [4.69, 9.17) is 0 Å². The maximum Gasteiger partial charge on any atom is 0.460 e. The second-order valence-electron chi connectivity index (χ2n) is 6.62. The van der Waals surface area contributed by atoms with Gasteiger partial charge >= 0.3 is 47.6 Å². The SMILES string of the molecule is FC(F)(F)C(F)(F)C(F)(F)C(F)(F)C(F)(F)C(F)(F)C(F)(F)C(F)(F)c1nc2ccccc2[nH]1. The van der Waals surface area contributed by atoms with Gasteiger partial charge in [-0.3, -0.25) is 0 Å². The van der Waals surface area contributed by atoms with E-state index in [1.54, 1.807) is 0 Å². The van der Waals surface area contributed by atoms with Gasteiger partial charge in [-0.2, -0.15) is 74.6 Å². The number of benzene rings is 1. The minimum Gasteiger partial charge on any atom is -0.337 e. The van der Waals surface area contributed by atoms with Crippen molar-refractivity contribution in [2.75, 3.05) is 0 Å². The van der Waals surface area contributed by atoms with Crippen molar-refractivity contribution in [2.45, 2.75) is 47.6 Å². The molecule has 194 valence electrons. The van der Waals surface area contributed by atoms with Gasteiger partial charge in [-0.1, -0.05) is 12.1 Å². The molecule has 0 aliphatic rings. The van der Waals surface area contributed by atoms with Crippen molar-refractivity contribution in [3.63, 3.8) is 0 Å². The Bertz CT molecular complexity index is 1020. The number of hydrogen-bond acceptors (Lipinski definition) is 1. The first-order valence-corrected chi connectivity index (χ1v) is 7.99. The van der Waals surface area contributed by atoms with E-state index >= 15 is 0 Å². The summed E-state index contributed by atoms with van der Waals surface area (Å²) in [5.74, 6) is -59.5. The number of H-pyrrole nitrogens is 1. The lowest BCUT2D eigenvalue weighted by Crippen LogP contribution is -2.74. The Kier molecular flexibility index (Phi) is 5.92. The maximum absolute atomic E-state index is 14.1. The van der Waals surface area contributed by atoms with Gasteiger partial charge in [0, 0.05) is 0 Å². The Labute approximate surface area is 174 Å². The molecule has 0 radical (unpaired) electrons. The van der Waals surface area contributed by atoms with E-state index in [1.807, 2.05) is 0 Å². The molecule has 1 N–H and O–H groups in total. The Hall–Kier alpha value is -2.50. The number of rotatable bonds is 7. The molecule has 0 unspecified atom stereocenters. The zero-order chi connectivity index (χ0) is 27.0. The number of nitrogens with one attached hydrogen (secondary N) is 1. The summed E-state index contributed by atoms with van der Waals surface area (Å²) in [6.45, 7) is 0. The molecule has 2 nitrogen and oxygen atoms in total. The zero-order valence-corrected chi connectivity index (χ0v) is 15.2. The van der Waals surface area contributed by atoms with Crippen molar-refractivity contribution in [1.82, 2.24) is 9.97 Å². The highest BCUT2D eigenvalue weighted by Gasteiger charge is 2.95. The van der Waals surface area contributed by atoms with Crippen LogP contribution in [-0.2, 0) is 5.92 Å². The zero-order valence-electron chi connectivity index (χ0n) is 15.2. The van der Waals surface area contributed by atoms with Gasteiger partial charge in [-0.25, -0.2) is 4.98 Å². The molecule has 19 heteroatoms. The van der Waals surface area contributed by atoms with Gasteiger partial charge in [-0.15, -0.1) is 0 Å². The standard InChI is InChI=1S/C15H5F17N2/c16-8(17,7-33-5-3-1-2-4-6(5)34-7)9(18,19)10(20,21)11(22,23)12(24,25)13(26,27)14(28,29)15(30,31)32/h1-4H,(H,33,34). The number of aromatic nitrogens is 2. The summed E-state index contributed by atoms with van der Waals surface area (Å²) in [5, 5.41) is 0. The highest BCUT2D eigenvalue weighted by molar-refractivity contribution is 5.74. The topological polar surface area (TPSA) is 28.7 Å². The van der Waals surface area contributed by atoms with Crippen LogP contribution in [0.25, 0.3) is 11.0 Å². The molecule has 0 atom stereocenters. The van der Waals surface area contributed by atoms with Crippen molar-refractivity contribution in [1.29, 1.82) is 0 Å². The fourth-order valence-electron chi connectivity index (χ4n) is 2.41. The molecular formula is C15H5F17N2. The number of fused-ring (bicyclic) bond motifs is 1. The molecule has 1 aromatic carbocycles. The minimum absolute atomic E-state index is 0.621. The first kappa shape index (κ1) is 27.7. The third kappa shape index (κ3) is 3.28. The second-order valence-corrected chi connectivity index (χ2v) is 6.62. The molecule has 1 heterocycles. The van der Waals surface area contributed by atoms with Crippen LogP contribution in [0.5, 0.6) is 0 Å². The Morgan fingerprint density at radius 3 is 1.29 bits per heavy atom. The summed E-state index contributed by atoms with van der Waals surface area (Å²) < 4.78 is 225. The normalized spacial score (nSPS) is 15.8. The van der Waals surface area contributed by atoms with Crippen molar-refractivity contribution < 1.29 is 74.6 Å². The highest BCUT2D eigenvalue weighted by Crippen LogP contribution is 2.64. The lowest BCUT2D eigenvalue weighted by Gasteiger charge is -2.42. The quantitative estimate of drug-likeness (QED) is 0.379. The molecule has 0 amide bonds. The van der Waals surface area contributed by atoms with E-state index in [1.165, 1.54) is 4.98 Å². The predicted octanol–water partition coefficient (Wildman–Crippen LogP) is 7.03. The van der Waals surface area contributed by atoms with Crippen LogP contribution in [0.4, 0.5) is 74.6 Å². The average molecular weight is 536 g/mol. The van der Waals surface area contributed by atoms with Crippen molar-refractivity contribution in [3.8, 4) is 0 Å². The van der Waals surface area contributed by atoms with Gasteiger partial charge in [-0.05, 0) is 12.1 Å². The molecule has 0 aliphatic heterocycles. The predicted molar refractivity (Wildman–Crippen MR) is 75.7 cm³/mol. The smallest absolute Gasteiger partial charge is 0.337 e. The minimum atomic E-state index is -8.66. The number of para-hydroxylation sites is 2. The number of imidazole rings is 1. The third-order valence-corrected chi connectivity index (χ3v) is 4.41. The van der Waals surface area contributed by atoms with E-state index < -0.39 is 64.5 Å². The largest absolute Gasteiger partial charge is 0.460 e. The van der Waals surface area contributed by atoms with Crippen molar-refractivity contribution >= 4 is 11.0 Å². The van der Waals surface area contributed by atoms with Gasteiger partial charge in [0.2, 0.25) is 0 Å². The number of halogens is 17. The van der Waals surface area contributed by atoms with E-state index in [9.17, 15) is 74.6 Å². The third-order valence-electron chi connectivity index (χ3n) is 4.41. The lowest BCUT2D eigenvalue weighted by atomic mass is 9.89. The molecule has 2 aromatic rings. The van der Waals surface area contributed by atoms with Gasteiger partial charge in [0.05, 0.1) is 11.0 Å². The molecular weight excluding hydrogens is 531 g/mol. The Morgan fingerprint density at radius 1 is 0.500 bits per heavy atom. The second kappa shape index (κ2) is 7.25. The van der Waals surface area contributed by atoms with Crippen molar-refractivity contribution in [3.05, 3.63) is 30.1 Å². The van der Waals surface area contributed by atoms with E-state index in [0.717, 1.165) is 24.3 Å². The van der Waals surface area contributed by atoms with Crippen LogP contribution in [0, 0.1) is 0 Å². The maximum atomic E-state index is 14.1. The molecule has 34 heavy (non-hydrogen) atoms. The fourth-order valence-corrected chi connectivity index (χ4v) is 2.41. The summed E-state index contributed by atoms with van der Waals surface area (Å²) in [5.41, 5.74) is -1.31. The van der Waals surface area contributed by atoms with Gasteiger partial charge in [0.25, 0.3) is 0 Å². The number of hydrogen-bond donors (Lipinski definition) is 1. The van der Waals surface area contributed by atoms with Crippen LogP contribution in [0.2, 0.25) is 0 Å². The molecule has 1 aromatic heterocycles. The number of aromatic amines is 1. The van der Waals surface area contributed by atoms with Gasteiger partial charge in [0.1, 0.15) is 0 Å². The molecule has 0 saturated heterocycles. The summed E-state index contributed by atoms with van der Waals surface area (Å²) in [6, 6.07) is 3.65. The summed E-state index contributed by atoms with van der Waals surface area (Å²) in [7, 11) is 0. The number of alkyl halides is 17. The summed E-state index contributed by atoms with van der Waals surface area (Å²) in [4.78, 5) is 3.92. The molecule has 0 aliphatic carbocycles. The van der Waals surface area contributed by atoms with Gasteiger partial charge in [0.15, 0.2) is 5.82 Å². The summed E-state index contributed by atoms with van der Waals surface area (Å²) >= 11 is 0. The van der Waals surface area contributed by atoms with Gasteiger partial charge < -0.3 is 4.98 Å². The Morgan fingerprint density at radius 2 is 0.882 bits per heavy atom.